The van der Waals surface area contributed by atoms with Crippen LogP contribution >= 0.6 is 0 Å². The van der Waals surface area contributed by atoms with Gasteiger partial charge in [0.2, 0.25) is 0 Å². The number of allylic oxidation sites excluding steroid dienone is 3. The Labute approximate surface area is 93.2 Å². The standard InChI is InChI=1S/C13H11N3/c1-2-6-11(14-8-3-1)10-5-4-7-12-13(10)16-9-15-12/h1-2,4-9H,3H2,(H,15,16). The monoisotopic (exact) mass is 209 g/mol. The van der Waals surface area contributed by atoms with Crippen molar-refractivity contribution in [1.82, 2.24) is 9.97 Å². The van der Waals surface area contributed by atoms with Gasteiger partial charge in [-0.3, -0.25) is 4.99 Å². The highest BCUT2D eigenvalue weighted by Crippen LogP contribution is 2.24. The molecule has 0 spiro atoms. The van der Waals surface area contributed by atoms with Crippen molar-refractivity contribution < 1.29 is 0 Å². The van der Waals surface area contributed by atoms with Crippen molar-refractivity contribution >= 4 is 22.9 Å². The minimum Gasteiger partial charge on any atom is -0.345 e. The van der Waals surface area contributed by atoms with Crippen LogP contribution in [0.15, 0.2) is 47.7 Å². The molecule has 0 fully saturated rings. The zero-order valence-electron chi connectivity index (χ0n) is 8.72. The molecule has 2 aromatic rings. The predicted molar refractivity (Wildman–Crippen MR) is 66.3 cm³/mol. The molecule has 0 radical (unpaired) electrons. The Morgan fingerprint density at radius 1 is 1.25 bits per heavy atom. The quantitative estimate of drug-likeness (QED) is 0.770. The summed E-state index contributed by atoms with van der Waals surface area (Å²) in [6, 6.07) is 6.08. The summed E-state index contributed by atoms with van der Waals surface area (Å²) < 4.78 is 0. The molecule has 0 atom stereocenters. The summed E-state index contributed by atoms with van der Waals surface area (Å²) in [5.41, 5.74) is 4.05. The van der Waals surface area contributed by atoms with Crippen molar-refractivity contribution in [2.75, 3.05) is 0 Å². The van der Waals surface area contributed by atoms with E-state index >= 15 is 0 Å². The molecule has 0 aliphatic carbocycles. The molecule has 1 aromatic heterocycles. The predicted octanol–water partition coefficient (Wildman–Crippen LogP) is 2.93. The van der Waals surface area contributed by atoms with Crippen molar-refractivity contribution in [3.63, 3.8) is 0 Å². The Morgan fingerprint density at radius 3 is 3.25 bits per heavy atom. The van der Waals surface area contributed by atoms with Crippen LogP contribution in [0.25, 0.3) is 16.7 Å². The lowest BCUT2D eigenvalue weighted by atomic mass is 10.1. The van der Waals surface area contributed by atoms with Crippen LogP contribution in [0.1, 0.15) is 12.0 Å². The second-order valence-electron chi connectivity index (χ2n) is 3.63. The fourth-order valence-corrected chi connectivity index (χ4v) is 1.82. The van der Waals surface area contributed by atoms with Crippen molar-refractivity contribution in [3.8, 4) is 0 Å². The van der Waals surface area contributed by atoms with Crippen molar-refractivity contribution in [1.29, 1.82) is 0 Å². The maximum atomic E-state index is 4.44. The third kappa shape index (κ3) is 1.46. The zero-order valence-corrected chi connectivity index (χ0v) is 8.72. The minimum absolute atomic E-state index is 0.885. The molecule has 1 aliphatic heterocycles. The molecule has 0 bridgehead atoms. The maximum absolute atomic E-state index is 4.44. The molecule has 78 valence electrons. The van der Waals surface area contributed by atoms with Gasteiger partial charge in [-0.05, 0) is 12.1 Å². The van der Waals surface area contributed by atoms with Crippen LogP contribution in [-0.4, -0.2) is 16.2 Å². The average Bonchev–Trinajstić information content (AvgIpc) is 2.63. The largest absolute Gasteiger partial charge is 0.345 e. The van der Waals surface area contributed by atoms with Crippen molar-refractivity contribution in [2.45, 2.75) is 6.42 Å². The topological polar surface area (TPSA) is 41.0 Å². The fourth-order valence-electron chi connectivity index (χ4n) is 1.82. The van der Waals surface area contributed by atoms with Crippen LogP contribution in [-0.2, 0) is 0 Å². The molecule has 1 N–H and O–H groups in total. The van der Waals surface area contributed by atoms with Crippen molar-refractivity contribution in [3.05, 3.63) is 48.3 Å². The molecule has 0 saturated heterocycles. The van der Waals surface area contributed by atoms with Gasteiger partial charge in [0.15, 0.2) is 0 Å². The van der Waals surface area contributed by atoms with Gasteiger partial charge < -0.3 is 4.98 Å². The van der Waals surface area contributed by atoms with Crippen LogP contribution < -0.4 is 0 Å². The summed E-state index contributed by atoms with van der Waals surface area (Å²) in [7, 11) is 0. The van der Waals surface area contributed by atoms with Gasteiger partial charge in [-0.25, -0.2) is 4.98 Å². The third-order valence-corrected chi connectivity index (χ3v) is 2.59. The smallest absolute Gasteiger partial charge is 0.0976 e. The van der Waals surface area contributed by atoms with Gasteiger partial charge in [0.25, 0.3) is 0 Å². The number of rotatable bonds is 1. The highest BCUT2D eigenvalue weighted by molar-refractivity contribution is 5.91. The summed E-state index contributed by atoms with van der Waals surface area (Å²) in [6.45, 7) is 0. The van der Waals surface area contributed by atoms with Crippen LogP contribution in [0.3, 0.4) is 0 Å². The molecule has 3 rings (SSSR count). The molecule has 2 heterocycles. The normalized spacial score (nSPS) is 15.1. The number of fused-ring (bicyclic) bond motifs is 1. The summed E-state index contributed by atoms with van der Waals surface area (Å²) in [4.78, 5) is 11.9. The van der Waals surface area contributed by atoms with E-state index in [0.717, 1.165) is 28.7 Å². The molecule has 1 aromatic carbocycles. The molecule has 16 heavy (non-hydrogen) atoms. The number of hydrogen-bond donors (Lipinski definition) is 1. The van der Waals surface area contributed by atoms with Gasteiger partial charge in [-0.1, -0.05) is 24.3 Å². The molecule has 0 amide bonds. The number of hydrogen-bond acceptors (Lipinski definition) is 2. The Bertz CT molecular complexity index is 602. The van der Waals surface area contributed by atoms with Gasteiger partial charge in [-0.15, -0.1) is 0 Å². The van der Waals surface area contributed by atoms with Gasteiger partial charge in [0.1, 0.15) is 0 Å². The lowest BCUT2D eigenvalue weighted by Gasteiger charge is -2.01. The second-order valence-corrected chi connectivity index (χ2v) is 3.63. The molecule has 3 heteroatoms. The lowest BCUT2D eigenvalue weighted by Crippen LogP contribution is -1.84. The number of nitrogens with one attached hydrogen (secondary N) is 1. The number of imidazole rings is 1. The third-order valence-electron chi connectivity index (χ3n) is 2.59. The van der Waals surface area contributed by atoms with Gasteiger partial charge in [-0.2, -0.15) is 0 Å². The zero-order chi connectivity index (χ0) is 10.8. The number of H-pyrrole nitrogens is 1. The number of nitrogens with zero attached hydrogens (tertiary/aromatic N) is 2. The minimum atomic E-state index is 0.885. The first-order valence-electron chi connectivity index (χ1n) is 5.27. The number of aromatic nitrogens is 2. The molecule has 0 saturated carbocycles. The number of aromatic amines is 1. The Hall–Kier alpha value is -2.16. The summed E-state index contributed by atoms with van der Waals surface area (Å²) in [6.07, 6.45) is 10.7. The van der Waals surface area contributed by atoms with E-state index in [0.29, 0.717) is 0 Å². The Balaban J connectivity index is 2.21. The number of aliphatic imine (C=N–C) groups is 1. The molecular weight excluding hydrogens is 198 g/mol. The SMILES string of the molecule is C1=CCC=NC(c2cccc3[nH]cnc23)=C1. The van der Waals surface area contributed by atoms with Crippen LogP contribution in [0, 0.1) is 0 Å². The lowest BCUT2D eigenvalue weighted by molar-refractivity contribution is 1.34. The first-order valence-corrected chi connectivity index (χ1v) is 5.27. The van der Waals surface area contributed by atoms with E-state index in [1.54, 1.807) is 6.33 Å². The van der Waals surface area contributed by atoms with Gasteiger partial charge in [0.05, 0.1) is 23.1 Å². The summed E-state index contributed by atoms with van der Waals surface area (Å²) >= 11 is 0. The number of benzene rings is 1. The van der Waals surface area contributed by atoms with Crippen LogP contribution in [0.5, 0.6) is 0 Å². The number of para-hydroxylation sites is 1. The molecular formula is C13H11N3. The van der Waals surface area contributed by atoms with Crippen molar-refractivity contribution in [2.24, 2.45) is 4.99 Å². The van der Waals surface area contributed by atoms with E-state index in [-0.39, 0.29) is 0 Å². The highest BCUT2D eigenvalue weighted by atomic mass is 14.9. The fraction of sp³-hybridized carbons (Fsp3) is 0.0769. The van der Waals surface area contributed by atoms with Crippen LogP contribution in [0.4, 0.5) is 0 Å². The summed E-state index contributed by atoms with van der Waals surface area (Å²) in [5.74, 6) is 0. The van der Waals surface area contributed by atoms with E-state index in [1.807, 2.05) is 36.6 Å². The van der Waals surface area contributed by atoms with E-state index in [9.17, 15) is 0 Å². The first-order chi connectivity index (χ1) is 7.95. The summed E-state index contributed by atoms with van der Waals surface area (Å²) in [5, 5.41) is 0. The molecule has 3 nitrogen and oxygen atoms in total. The first kappa shape index (κ1) is 9.09. The second kappa shape index (κ2) is 3.77. The Morgan fingerprint density at radius 2 is 2.25 bits per heavy atom. The van der Waals surface area contributed by atoms with E-state index in [1.165, 1.54) is 0 Å². The van der Waals surface area contributed by atoms with Gasteiger partial charge >= 0.3 is 0 Å². The van der Waals surface area contributed by atoms with E-state index in [2.05, 4.69) is 21.0 Å². The average molecular weight is 209 g/mol. The van der Waals surface area contributed by atoms with Gasteiger partial charge in [0, 0.05) is 18.2 Å². The molecule has 1 aliphatic rings. The van der Waals surface area contributed by atoms with E-state index < -0.39 is 0 Å². The highest BCUT2D eigenvalue weighted by Gasteiger charge is 2.06. The van der Waals surface area contributed by atoms with E-state index in [4.69, 9.17) is 0 Å². The maximum Gasteiger partial charge on any atom is 0.0976 e. The Kier molecular flexibility index (Phi) is 2.14. The van der Waals surface area contributed by atoms with Crippen LogP contribution in [0.2, 0.25) is 0 Å². The molecule has 0 unspecified atom stereocenters.